The molecule has 3 atom stereocenters. The Morgan fingerprint density at radius 1 is 1.36 bits per heavy atom. The monoisotopic (exact) mass is 188 g/mol. The van der Waals surface area contributed by atoms with E-state index in [-0.39, 0.29) is 5.94 Å². The summed E-state index contributed by atoms with van der Waals surface area (Å²) in [6.45, 7) is 0. The predicted molar refractivity (Wildman–Crippen MR) is 53.5 cm³/mol. The van der Waals surface area contributed by atoms with Crippen molar-refractivity contribution in [1.29, 1.82) is 0 Å². The molecule has 0 aliphatic heterocycles. The molecule has 4 radical (unpaired) electrons. The van der Waals surface area contributed by atoms with Gasteiger partial charge in [-0.15, -0.1) is 0 Å². The molecule has 5 N–H and O–H groups in total. The number of aliphatic hydroxyl groups is 1. The lowest BCUT2D eigenvalue weighted by Gasteiger charge is -2.13. The average Bonchev–Trinajstić information content (AvgIpc) is 1.86. The first-order valence-electron chi connectivity index (χ1n) is 3.02. The number of rotatable bonds is 5. The molecule has 60 valence electrons. The van der Waals surface area contributed by atoms with Crippen molar-refractivity contribution in [1.82, 2.24) is 0 Å². The third-order valence-corrected chi connectivity index (χ3v) is 3.42. The number of aliphatic hydroxyl groups excluding tert-OH is 1. The van der Waals surface area contributed by atoms with Gasteiger partial charge in [0.2, 0.25) is 0 Å². The number of hydrogen-bond acceptors (Lipinski definition) is 5. The number of hydrogen-bond donors (Lipinski definition) is 3. The van der Waals surface area contributed by atoms with E-state index in [9.17, 15) is 0 Å². The highest BCUT2D eigenvalue weighted by atomic mass is 33.1. The van der Waals surface area contributed by atoms with Crippen LogP contribution in [-0.4, -0.2) is 43.9 Å². The molecule has 3 unspecified atom stereocenters. The van der Waals surface area contributed by atoms with Gasteiger partial charge in [-0.05, 0) is 5.94 Å². The van der Waals surface area contributed by atoms with Gasteiger partial charge in [0, 0.05) is 10.9 Å². The molecule has 0 saturated heterocycles. The van der Waals surface area contributed by atoms with Gasteiger partial charge in [-0.3, -0.25) is 0 Å². The zero-order valence-electron chi connectivity index (χ0n) is 6.01. The van der Waals surface area contributed by atoms with Gasteiger partial charge in [-0.25, -0.2) is 0 Å². The molecule has 11 heavy (non-hydrogen) atoms. The molecule has 0 rings (SSSR count). The van der Waals surface area contributed by atoms with Crippen molar-refractivity contribution < 1.29 is 5.11 Å². The van der Waals surface area contributed by atoms with Gasteiger partial charge in [-0.1, -0.05) is 21.6 Å². The molecule has 0 aromatic carbocycles. The van der Waals surface area contributed by atoms with Crippen LogP contribution in [0.15, 0.2) is 0 Å². The van der Waals surface area contributed by atoms with E-state index >= 15 is 0 Å². The quantitative estimate of drug-likeness (QED) is 0.281. The molecular weight excluding hydrogens is 178 g/mol. The fourth-order valence-electron chi connectivity index (χ4n) is 0.253. The summed E-state index contributed by atoms with van der Waals surface area (Å²) in [6, 6.07) is 0. The second kappa shape index (κ2) is 6.25. The predicted octanol–water partition coefficient (Wildman–Crippen LogP) is -1.41. The van der Waals surface area contributed by atoms with Crippen LogP contribution < -0.4 is 11.5 Å². The summed E-state index contributed by atoms with van der Waals surface area (Å²) in [5.41, 5.74) is 10.4. The highest BCUT2D eigenvalue weighted by Crippen LogP contribution is 2.25. The van der Waals surface area contributed by atoms with Crippen molar-refractivity contribution in [2.45, 2.75) is 17.3 Å². The molecule has 7 heteroatoms. The van der Waals surface area contributed by atoms with Crippen molar-refractivity contribution >= 4 is 37.3 Å². The van der Waals surface area contributed by atoms with E-state index in [1.807, 2.05) is 0 Å². The van der Waals surface area contributed by atoms with Gasteiger partial charge >= 0.3 is 0 Å². The van der Waals surface area contributed by atoms with Crippen molar-refractivity contribution in [3.8, 4) is 0 Å². The van der Waals surface area contributed by atoms with E-state index in [1.54, 1.807) is 0 Å². The zero-order valence-corrected chi connectivity index (χ0v) is 7.65. The van der Waals surface area contributed by atoms with Crippen LogP contribution >= 0.6 is 21.6 Å². The van der Waals surface area contributed by atoms with Gasteiger partial charge in [0.05, 0.1) is 15.7 Å². The third kappa shape index (κ3) is 7.08. The highest BCUT2D eigenvalue weighted by Gasteiger charge is 2.09. The summed E-state index contributed by atoms with van der Waals surface area (Å²) >= 11 is 0. The molecule has 0 aliphatic rings. The minimum Gasteiger partial charge on any atom is -0.378 e. The molecule has 0 amide bonds. The first-order chi connectivity index (χ1) is 5.04. The molecular formula is C4H10B2N2OS2. The lowest BCUT2D eigenvalue weighted by Crippen LogP contribution is -2.31. The molecule has 0 spiro atoms. The minimum absolute atomic E-state index is 0.352. The van der Waals surface area contributed by atoms with Crippen molar-refractivity contribution in [3.63, 3.8) is 0 Å². The van der Waals surface area contributed by atoms with Gasteiger partial charge < -0.3 is 16.6 Å². The molecule has 0 fully saturated rings. The van der Waals surface area contributed by atoms with Gasteiger partial charge in [0.25, 0.3) is 0 Å². The first-order valence-corrected chi connectivity index (χ1v) is 5.41. The molecule has 0 bridgehead atoms. The topological polar surface area (TPSA) is 72.3 Å². The Hall–Kier alpha value is 0.710. The summed E-state index contributed by atoms with van der Waals surface area (Å²) in [6.07, 6.45) is -0.999. The lowest BCUT2D eigenvalue weighted by atomic mass is 10.0. The van der Waals surface area contributed by atoms with Crippen LogP contribution in [0.2, 0.25) is 0 Å². The van der Waals surface area contributed by atoms with Crippen LogP contribution in [0.4, 0.5) is 0 Å². The van der Waals surface area contributed by atoms with Gasteiger partial charge in [-0.2, -0.15) is 0 Å². The minimum atomic E-state index is -0.999. The van der Waals surface area contributed by atoms with Crippen molar-refractivity contribution in [2.24, 2.45) is 11.5 Å². The number of nitrogens with two attached hydrogens (primary N) is 2. The largest absolute Gasteiger partial charge is 0.378 e. The first kappa shape index (κ1) is 11.7. The molecule has 0 saturated carbocycles. The summed E-state index contributed by atoms with van der Waals surface area (Å²) < 4.78 is 0. The van der Waals surface area contributed by atoms with Crippen LogP contribution in [0.5, 0.6) is 0 Å². The molecule has 0 aromatic rings. The lowest BCUT2D eigenvalue weighted by molar-refractivity contribution is 0.199. The van der Waals surface area contributed by atoms with E-state index in [1.165, 1.54) is 21.6 Å². The summed E-state index contributed by atoms with van der Waals surface area (Å²) in [7, 11) is 13.3. The van der Waals surface area contributed by atoms with Gasteiger partial charge in [0.15, 0.2) is 0 Å². The maximum Gasteiger partial charge on any atom is 0.107 e. The van der Waals surface area contributed by atoms with E-state index in [0.717, 1.165) is 0 Å². The van der Waals surface area contributed by atoms with Crippen molar-refractivity contribution in [3.05, 3.63) is 0 Å². The Morgan fingerprint density at radius 2 is 1.91 bits per heavy atom. The maximum atomic E-state index is 8.74. The fraction of sp³-hybridized carbons (Fsp3) is 1.00. The Kier molecular flexibility index (Phi) is 6.65. The Bertz CT molecular complexity index is 106. The Balaban J connectivity index is 3.24. The molecule has 0 aromatic heterocycles. The van der Waals surface area contributed by atoms with Crippen LogP contribution in [0.1, 0.15) is 0 Å². The van der Waals surface area contributed by atoms with E-state index < -0.39 is 11.4 Å². The van der Waals surface area contributed by atoms with Crippen LogP contribution in [0, 0.1) is 0 Å². The van der Waals surface area contributed by atoms with Crippen LogP contribution in [0.25, 0.3) is 0 Å². The third-order valence-electron chi connectivity index (χ3n) is 0.776. The van der Waals surface area contributed by atoms with Gasteiger partial charge in [0.1, 0.15) is 6.23 Å². The maximum absolute atomic E-state index is 8.74. The van der Waals surface area contributed by atoms with E-state index in [4.69, 9.17) is 32.3 Å². The smallest absolute Gasteiger partial charge is 0.107 e. The SMILES string of the molecule is [B]C(N)CSSC([B])C(N)O. The Labute approximate surface area is 77.3 Å². The van der Waals surface area contributed by atoms with Crippen LogP contribution in [-0.2, 0) is 0 Å². The van der Waals surface area contributed by atoms with Crippen LogP contribution in [0.3, 0.4) is 0 Å². The summed E-state index contributed by atoms with van der Waals surface area (Å²) in [5, 5.41) is 8.25. The molecule has 3 nitrogen and oxygen atoms in total. The second-order valence-electron chi connectivity index (χ2n) is 2.00. The average molecular weight is 188 g/mol. The molecule has 0 aliphatic carbocycles. The fourth-order valence-corrected chi connectivity index (χ4v) is 2.28. The second-order valence-corrected chi connectivity index (χ2v) is 4.59. The molecule has 0 heterocycles. The normalized spacial score (nSPS) is 19.2. The van der Waals surface area contributed by atoms with E-state index in [2.05, 4.69) is 0 Å². The van der Waals surface area contributed by atoms with Crippen molar-refractivity contribution in [2.75, 3.05) is 5.75 Å². The zero-order chi connectivity index (χ0) is 8.85. The van der Waals surface area contributed by atoms with E-state index in [0.29, 0.717) is 5.75 Å². The highest BCUT2D eigenvalue weighted by molar-refractivity contribution is 8.77. The standard InChI is InChI=1S/C4H10B2N2OS2/c5-2(7)1-10-11-3(6)4(8)9/h2-4,9H,1,7-8H2. The summed E-state index contributed by atoms with van der Waals surface area (Å²) in [4.78, 5) is 0. The summed E-state index contributed by atoms with van der Waals surface area (Å²) in [5.74, 6) is 0.236. The Morgan fingerprint density at radius 3 is 2.27 bits per heavy atom.